The van der Waals surface area contributed by atoms with Gasteiger partial charge in [-0.1, -0.05) is 37.8 Å². The summed E-state index contributed by atoms with van der Waals surface area (Å²) in [6.07, 6.45) is 2.76. The average Bonchev–Trinajstić information content (AvgIpc) is 2.52. The van der Waals surface area contributed by atoms with Crippen molar-refractivity contribution < 1.29 is 8.78 Å². The van der Waals surface area contributed by atoms with E-state index in [0.717, 1.165) is 29.8 Å². The molecule has 0 radical (unpaired) electrons. The molecular formula is C20H21F2N. The minimum atomic E-state index is -0.291. The van der Waals surface area contributed by atoms with Crippen LogP contribution in [-0.2, 0) is 0 Å². The van der Waals surface area contributed by atoms with Crippen LogP contribution in [0.3, 0.4) is 0 Å². The molecule has 120 valence electrons. The van der Waals surface area contributed by atoms with Crippen LogP contribution >= 0.6 is 0 Å². The zero-order chi connectivity index (χ0) is 16.8. The van der Waals surface area contributed by atoms with Gasteiger partial charge >= 0.3 is 0 Å². The van der Waals surface area contributed by atoms with Crippen molar-refractivity contribution in [1.82, 2.24) is 5.32 Å². The lowest BCUT2D eigenvalue weighted by Gasteiger charge is -2.13. The van der Waals surface area contributed by atoms with Gasteiger partial charge < -0.3 is 5.32 Å². The van der Waals surface area contributed by atoms with Crippen molar-refractivity contribution in [2.75, 3.05) is 6.54 Å². The maximum absolute atomic E-state index is 14.1. The highest BCUT2D eigenvalue weighted by Gasteiger charge is 2.09. The van der Waals surface area contributed by atoms with E-state index in [2.05, 4.69) is 18.8 Å². The average molecular weight is 313 g/mol. The summed E-state index contributed by atoms with van der Waals surface area (Å²) in [6.45, 7) is 8.69. The highest BCUT2D eigenvalue weighted by Crippen LogP contribution is 2.25. The predicted octanol–water partition coefficient (Wildman–Crippen LogP) is 5.33. The number of allylic oxidation sites excluding steroid dienone is 2. The van der Waals surface area contributed by atoms with E-state index in [4.69, 9.17) is 0 Å². The zero-order valence-electron chi connectivity index (χ0n) is 13.5. The molecule has 3 heteroatoms. The Balaban J connectivity index is 2.40. The summed E-state index contributed by atoms with van der Waals surface area (Å²) in [4.78, 5) is 0. The smallest absolute Gasteiger partial charge is 0.131 e. The van der Waals surface area contributed by atoms with Crippen LogP contribution in [-0.4, -0.2) is 6.54 Å². The van der Waals surface area contributed by atoms with Gasteiger partial charge in [0.15, 0.2) is 0 Å². The highest BCUT2D eigenvalue weighted by molar-refractivity contribution is 5.83. The number of aryl methyl sites for hydroxylation is 1. The molecule has 0 fully saturated rings. The maximum Gasteiger partial charge on any atom is 0.131 e. The minimum absolute atomic E-state index is 0.285. The lowest BCUT2D eigenvalue weighted by Crippen LogP contribution is -2.13. The third-order valence-electron chi connectivity index (χ3n) is 3.58. The summed E-state index contributed by atoms with van der Waals surface area (Å²) >= 11 is 0. The van der Waals surface area contributed by atoms with Crippen LogP contribution in [0.2, 0.25) is 0 Å². The molecule has 0 bridgehead atoms. The molecule has 0 spiro atoms. The lowest BCUT2D eigenvalue weighted by atomic mass is 9.99. The fourth-order valence-electron chi connectivity index (χ4n) is 2.41. The Morgan fingerprint density at radius 3 is 2.43 bits per heavy atom. The predicted molar refractivity (Wildman–Crippen MR) is 92.8 cm³/mol. The minimum Gasteiger partial charge on any atom is -0.385 e. The second-order valence-electron chi connectivity index (χ2n) is 5.45. The van der Waals surface area contributed by atoms with Crippen molar-refractivity contribution in [3.63, 3.8) is 0 Å². The molecule has 2 rings (SSSR count). The van der Waals surface area contributed by atoms with Crippen molar-refractivity contribution >= 4 is 11.3 Å². The Hall–Kier alpha value is -2.42. The van der Waals surface area contributed by atoms with Gasteiger partial charge in [0.05, 0.1) is 0 Å². The Kier molecular flexibility index (Phi) is 5.69. The van der Waals surface area contributed by atoms with Gasteiger partial charge in [-0.3, -0.25) is 0 Å². The second kappa shape index (κ2) is 7.73. The van der Waals surface area contributed by atoms with E-state index >= 15 is 0 Å². The highest BCUT2D eigenvalue weighted by atomic mass is 19.1. The van der Waals surface area contributed by atoms with Crippen LogP contribution in [0, 0.1) is 18.6 Å². The van der Waals surface area contributed by atoms with Crippen molar-refractivity contribution in [1.29, 1.82) is 0 Å². The third-order valence-corrected chi connectivity index (χ3v) is 3.58. The Labute approximate surface area is 136 Å². The first-order valence-electron chi connectivity index (χ1n) is 7.68. The van der Waals surface area contributed by atoms with Crippen LogP contribution in [0.15, 0.2) is 55.1 Å². The first kappa shape index (κ1) is 16.9. The fraction of sp³-hybridized carbons (Fsp3) is 0.200. The van der Waals surface area contributed by atoms with Gasteiger partial charge in [-0.05, 0) is 54.3 Å². The Morgan fingerprint density at radius 1 is 1.13 bits per heavy atom. The van der Waals surface area contributed by atoms with E-state index < -0.39 is 0 Å². The molecule has 0 heterocycles. The Bertz CT molecular complexity index is 695. The maximum atomic E-state index is 14.1. The standard InChI is InChI=1S/C20H21F2N/c1-4-12-23-19(16-8-10-17(21)11-9-16)13-15(3)20-14(2)6-5-7-18(20)22/h5-11,13,23H,3-4,12H2,1-2H3/b19-13-. The summed E-state index contributed by atoms with van der Waals surface area (Å²) in [5.74, 6) is -0.576. The molecule has 1 N–H and O–H groups in total. The summed E-state index contributed by atoms with van der Waals surface area (Å²) in [7, 11) is 0. The van der Waals surface area contributed by atoms with E-state index in [1.54, 1.807) is 18.2 Å². The van der Waals surface area contributed by atoms with Gasteiger partial charge in [-0.25, -0.2) is 8.78 Å². The molecule has 0 amide bonds. The van der Waals surface area contributed by atoms with Crippen LogP contribution < -0.4 is 5.32 Å². The van der Waals surface area contributed by atoms with E-state index in [0.29, 0.717) is 11.1 Å². The van der Waals surface area contributed by atoms with E-state index in [9.17, 15) is 8.78 Å². The largest absolute Gasteiger partial charge is 0.385 e. The van der Waals surface area contributed by atoms with Gasteiger partial charge in [-0.2, -0.15) is 0 Å². The summed E-state index contributed by atoms with van der Waals surface area (Å²) in [5.41, 5.74) is 3.57. The molecule has 0 atom stereocenters. The molecule has 0 aliphatic rings. The number of benzene rings is 2. The summed E-state index contributed by atoms with van der Waals surface area (Å²) in [6, 6.07) is 11.2. The van der Waals surface area contributed by atoms with Gasteiger partial charge in [0, 0.05) is 17.8 Å². The molecule has 0 unspecified atom stereocenters. The summed E-state index contributed by atoms with van der Waals surface area (Å²) < 4.78 is 27.2. The number of hydrogen-bond donors (Lipinski definition) is 1. The van der Waals surface area contributed by atoms with Crippen molar-refractivity contribution in [2.45, 2.75) is 20.3 Å². The van der Waals surface area contributed by atoms with E-state index in [1.165, 1.54) is 18.2 Å². The van der Waals surface area contributed by atoms with E-state index in [-0.39, 0.29) is 11.6 Å². The zero-order valence-corrected chi connectivity index (χ0v) is 13.5. The van der Waals surface area contributed by atoms with Gasteiger partial charge in [-0.15, -0.1) is 0 Å². The molecule has 0 aliphatic carbocycles. The van der Waals surface area contributed by atoms with Crippen molar-refractivity contribution in [3.8, 4) is 0 Å². The lowest BCUT2D eigenvalue weighted by molar-refractivity contribution is 0.623. The third kappa shape index (κ3) is 4.28. The fourth-order valence-corrected chi connectivity index (χ4v) is 2.41. The Morgan fingerprint density at radius 2 is 1.83 bits per heavy atom. The quantitative estimate of drug-likeness (QED) is 0.711. The summed E-state index contributed by atoms with van der Waals surface area (Å²) in [5, 5.41) is 3.30. The number of rotatable bonds is 6. The number of halogens is 2. The molecule has 23 heavy (non-hydrogen) atoms. The van der Waals surface area contributed by atoms with Gasteiger partial charge in [0.2, 0.25) is 0 Å². The normalized spacial score (nSPS) is 11.4. The molecule has 1 nitrogen and oxygen atoms in total. The number of nitrogens with one attached hydrogen (secondary N) is 1. The number of hydrogen-bond acceptors (Lipinski definition) is 1. The first-order chi connectivity index (χ1) is 11.0. The molecule has 0 aromatic heterocycles. The van der Waals surface area contributed by atoms with Gasteiger partial charge in [0.1, 0.15) is 11.6 Å². The molecular weight excluding hydrogens is 292 g/mol. The molecule has 2 aromatic rings. The second-order valence-corrected chi connectivity index (χ2v) is 5.45. The topological polar surface area (TPSA) is 12.0 Å². The monoisotopic (exact) mass is 313 g/mol. The van der Waals surface area contributed by atoms with Gasteiger partial charge in [0.25, 0.3) is 0 Å². The first-order valence-corrected chi connectivity index (χ1v) is 7.68. The van der Waals surface area contributed by atoms with Crippen LogP contribution in [0.25, 0.3) is 11.3 Å². The van der Waals surface area contributed by atoms with Crippen LogP contribution in [0.5, 0.6) is 0 Å². The van der Waals surface area contributed by atoms with Crippen LogP contribution in [0.1, 0.15) is 30.0 Å². The van der Waals surface area contributed by atoms with Crippen molar-refractivity contribution in [3.05, 3.63) is 83.4 Å². The van der Waals surface area contributed by atoms with E-state index in [1.807, 2.05) is 19.1 Å². The molecule has 0 saturated carbocycles. The molecule has 2 aromatic carbocycles. The molecule has 0 saturated heterocycles. The SMILES string of the molecule is C=C(/C=C(\NCCC)c1ccc(F)cc1)c1c(C)cccc1F. The molecule has 0 aliphatic heterocycles. The van der Waals surface area contributed by atoms with Crippen molar-refractivity contribution in [2.24, 2.45) is 0 Å². The van der Waals surface area contributed by atoms with Crippen LogP contribution in [0.4, 0.5) is 8.78 Å².